The maximum atomic E-state index is 14.5. The minimum atomic E-state index is -2.80. The normalized spacial score (nSPS) is 17.4. The van der Waals surface area contributed by atoms with Crippen molar-refractivity contribution in [3.8, 4) is 0 Å². The Morgan fingerprint density at radius 3 is 2.72 bits per heavy atom. The van der Waals surface area contributed by atoms with Crippen LogP contribution in [0.1, 0.15) is 44.9 Å². The molecular formula is C24H24F3N5O3S. The van der Waals surface area contributed by atoms with Gasteiger partial charge < -0.3 is 20.6 Å². The average molecular weight is 520 g/mol. The third-order valence-corrected chi connectivity index (χ3v) is 7.10. The van der Waals surface area contributed by atoms with E-state index in [0.717, 1.165) is 23.7 Å². The zero-order valence-corrected chi connectivity index (χ0v) is 20.1. The van der Waals surface area contributed by atoms with Gasteiger partial charge in [0.2, 0.25) is 0 Å². The lowest BCUT2D eigenvalue weighted by Gasteiger charge is -2.28. The predicted octanol–water partition coefficient (Wildman–Crippen LogP) is 3.87. The number of halogens is 3. The molecule has 1 aliphatic rings. The molecule has 1 aliphatic heterocycles. The van der Waals surface area contributed by atoms with Gasteiger partial charge in [0.15, 0.2) is 0 Å². The molecule has 0 saturated carbocycles. The lowest BCUT2D eigenvalue weighted by atomic mass is 9.80. The number of nitrogens with one attached hydrogen (secondary N) is 2. The summed E-state index contributed by atoms with van der Waals surface area (Å²) in [7, 11) is 0. The number of alkyl halides is 2. The zero-order valence-electron chi connectivity index (χ0n) is 19.3. The van der Waals surface area contributed by atoms with Crippen LogP contribution in [-0.4, -0.2) is 57.5 Å². The number of rotatable bonds is 7. The summed E-state index contributed by atoms with van der Waals surface area (Å²) in [6.07, 6.45) is -0.954. The first-order chi connectivity index (χ1) is 17.2. The van der Waals surface area contributed by atoms with E-state index in [2.05, 4.69) is 20.0 Å². The second kappa shape index (κ2) is 10.6. The third-order valence-electron chi connectivity index (χ3n) is 6.23. The molecule has 3 aromatic rings. The number of aromatic nitrogens is 2. The van der Waals surface area contributed by atoms with Crippen LogP contribution in [0.3, 0.4) is 0 Å². The highest BCUT2D eigenvalue weighted by atomic mass is 32.1. The Labute approximate surface area is 209 Å². The summed E-state index contributed by atoms with van der Waals surface area (Å²) in [6, 6.07) is 7.68. The van der Waals surface area contributed by atoms with Crippen LogP contribution in [-0.2, 0) is 5.41 Å². The molecule has 0 spiro atoms. The van der Waals surface area contributed by atoms with E-state index < -0.39 is 23.8 Å². The predicted molar refractivity (Wildman–Crippen MR) is 128 cm³/mol. The molecule has 8 nitrogen and oxygen atoms in total. The maximum Gasteiger partial charge on any atom is 0.321 e. The van der Waals surface area contributed by atoms with Crippen molar-refractivity contribution in [1.82, 2.24) is 19.6 Å². The fourth-order valence-electron chi connectivity index (χ4n) is 4.25. The zero-order chi connectivity index (χ0) is 25.9. The van der Waals surface area contributed by atoms with Crippen molar-refractivity contribution in [2.75, 3.05) is 31.6 Å². The van der Waals surface area contributed by atoms with Crippen LogP contribution in [0.2, 0.25) is 0 Å². The molecule has 1 atom stereocenters. The maximum absolute atomic E-state index is 14.5. The lowest BCUT2D eigenvalue weighted by molar-refractivity contribution is 0.0945. The second-order valence-corrected chi connectivity index (χ2v) is 9.26. The Morgan fingerprint density at radius 2 is 2.06 bits per heavy atom. The van der Waals surface area contributed by atoms with E-state index in [4.69, 9.17) is 5.11 Å². The molecule has 0 radical (unpaired) electrons. The van der Waals surface area contributed by atoms with Gasteiger partial charge in [0, 0.05) is 25.2 Å². The van der Waals surface area contributed by atoms with E-state index in [1.807, 2.05) is 0 Å². The van der Waals surface area contributed by atoms with Crippen LogP contribution in [0.5, 0.6) is 0 Å². The Hall–Kier alpha value is -3.51. The number of nitrogens with zero attached hydrogens (tertiary/aromatic N) is 3. The van der Waals surface area contributed by atoms with Gasteiger partial charge in [-0.1, -0.05) is 18.2 Å². The molecule has 3 N–H and O–H groups in total. The first-order valence-electron chi connectivity index (χ1n) is 11.2. The van der Waals surface area contributed by atoms with Crippen LogP contribution in [0.4, 0.5) is 23.7 Å². The second-order valence-electron chi connectivity index (χ2n) is 8.48. The molecule has 2 heterocycles. The SMILES string of the molecule is Cc1ccc([C@@]2(c3ncns3)CCN(C(=O)Nc3cc(C(F)F)ccc3C(=O)NCCO)C2)cc1F. The fourth-order valence-corrected chi connectivity index (χ4v) is 5.00. The van der Waals surface area contributed by atoms with Crippen molar-refractivity contribution >= 4 is 29.2 Å². The highest BCUT2D eigenvalue weighted by Crippen LogP contribution is 2.42. The van der Waals surface area contributed by atoms with Crippen LogP contribution in [0, 0.1) is 12.7 Å². The van der Waals surface area contributed by atoms with Crippen molar-refractivity contribution in [1.29, 1.82) is 0 Å². The highest BCUT2D eigenvalue weighted by Gasteiger charge is 2.45. The van der Waals surface area contributed by atoms with Gasteiger partial charge in [-0.2, -0.15) is 4.37 Å². The number of hydrogen-bond donors (Lipinski definition) is 3. The first kappa shape index (κ1) is 25.6. The van der Waals surface area contributed by atoms with Crippen molar-refractivity contribution in [3.63, 3.8) is 0 Å². The van der Waals surface area contributed by atoms with Crippen molar-refractivity contribution < 1.29 is 27.9 Å². The van der Waals surface area contributed by atoms with Crippen LogP contribution in [0.25, 0.3) is 0 Å². The number of likely N-dealkylation sites (tertiary alicyclic amines) is 1. The quantitative estimate of drug-likeness (QED) is 0.439. The van der Waals surface area contributed by atoms with E-state index >= 15 is 0 Å². The molecule has 36 heavy (non-hydrogen) atoms. The largest absolute Gasteiger partial charge is 0.395 e. The monoisotopic (exact) mass is 519 g/mol. The highest BCUT2D eigenvalue weighted by molar-refractivity contribution is 7.05. The number of benzene rings is 2. The Kier molecular flexibility index (Phi) is 7.55. The number of carbonyl (C=O) groups excluding carboxylic acids is 2. The topological polar surface area (TPSA) is 107 Å². The molecule has 1 fully saturated rings. The molecule has 2 aromatic carbocycles. The Balaban J connectivity index is 1.62. The van der Waals surface area contributed by atoms with Crippen molar-refractivity contribution in [2.24, 2.45) is 0 Å². The summed E-state index contributed by atoms with van der Waals surface area (Å²) in [5, 5.41) is 14.6. The summed E-state index contributed by atoms with van der Waals surface area (Å²) in [4.78, 5) is 31.5. The molecular weight excluding hydrogens is 495 g/mol. The van der Waals surface area contributed by atoms with Gasteiger partial charge in [-0.15, -0.1) is 0 Å². The summed E-state index contributed by atoms with van der Waals surface area (Å²) in [5.41, 5.74) is -0.103. The van der Waals surface area contributed by atoms with Crippen LogP contribution >= 0.6 is 11.5 Å². The van der Waals surface area contributed by atoms with Crippen molar-refractivity contribution in [3.05, 3.63) is 75.8 Å². The number of carbonyl (C=O) groups is 2. The number of urea groups is 1. The molecule has 12 heteroatoms. The molecule has 0 aliphatic carbocycles. The summed E-state index contributed by atoms with van der Waals surface area (Å²) in [5.74, 6) is -0.999. The van der Waals surface area contributed by atoms with Crippen LogP contribution in [0.15, 0.2) is 42.7 Å². The van der Waals surface area contributed by atoms with Gasteiger partial charge in [-0.05, 0) is 54.2 Å². The molecule has 1 aromatic heterocycles. The number of aliphatic hydroxyl groups is 1. The third kappa shape index (κ3) is 5.05. The van der Waals surface area contributed by atoms with Gasteiger partial charge in [0.05, 0.1) is 23.3 Å². The number of aryl methyl sites for hydroxylation is 1. The molecule has 0 bridgehead atoms. The summed E-state index contributed by atoms with van der Waals surface area (Å²) >= 11 is 1.16. The molecule has 190 valence electrons. The minimum absolute atomic E-state index is 0.0172. The number of amides is 3. The van der Waals surface area contributed by atoms with Gasteiger partial charge in [-0.3, -0.25) is 4.79 Å². The molecule has 0 unspecified atom stereocenters. The smallest absolute Gasteiger partial charge is 0.321 e. The number of hydrogen-bond acceptors (Lipinski definition) is 6. The van der Waals surface area contributed by atoms with Gasteiger partial charge in [0.1, 0.15) is 17.2 Å². The van der Waals surface area contributed by atoms with Gasteiger partial charge in [-0.25, -0.2) is 22.9 Å². The Morgan fingerprint density at radius 1 is 1.25 bits per heavy atom. The van der Waals surface area contributed by atoms with Crippen molar-refractivity contribution in [2.45, 2.75) is 25.2 Å². The van der Waals surface area contributed by atoms with E-state index in [9.17, 15) is 22.8 Å². The van der Waals surface area contributed by atoms with Gasteiger partial charge >= 0.3 is 6.03 Å². The number of aliphatic hydroxyl groups excluding tert-OH is 1. The van der Waals surface area contributed by atoms with Crippen LogP contribution < -0.4 is 10.6 Å². The summed E-state index contributed by atoms with van der Waals surface area (Å²) in [6.45, 7) is 1.75. The summed E-state index contributed by atoms with van der Waals surface area (Å²) < 4.78 is 45.2. The lowest BCUT2D eigenvalue weighted by Crippen LogP contribution is -2.38. The molecule has 3 amide bonds. The fraction of sp³-hybridized carbons (Fsp3) is 0.333. The standard InChI is InChI=1S/C24H24F3N5O3S/c1-14-2-4-16(11-18(14)25)24(22-29-13-30-36-22)6-8-32(12-24)23(35)31-19-10-15(20(26)27)3-5-17(19)21(34)28-7-9-33/h2-5,10-11,13,20,33H,6-9,12H2,1H3,(H,28,34)(H,31,35)/t24-/m1/s1. The van der Waals surface area contributed by atoms with E-state index in [1.54, 1.807) is 19.1 Å². The minimum Gasteiger partial charge on any atom is -0.395 e. The molecule has 1 saturated heterocycles. The van der Waals surface area contributed by atoms with E-state index in [1.165, 1.54) is 23.4 Å². The van der Waals surface area contributed by atoms with Gasteiger partial charge in [0.25, 0.3) is 12.3 Å². The Bertz CT molecular complexity index is 1260. The average Bonchev–Trinajstić information content (AvgIpc) is 3.55. The number of anilines is 1. The van der Waals surface area contributed by atoms with E-state index in [-0.39, 0.29) is 48.9 Å². The van der Waals surface area contributed by atoms with E-state index in [0.29, 0.717) is 22.6 Å². The first-order valence-corrected chi connectivity index (χ1v) is 11.9. The molecule has 4 rings (SSSR count).